The van der Waals surface area contributed by atoms with E-state index in [1.807, 2.05) is 32.5 Å². The van der Waals surface area contributed by atoms with Gasteiger partial charge in [0.2, 0.25) is 5.91 Å². The van der Waals surface area contributed by atoms with E-state index in [2.05, 4.69) is 20.8 Å². The molecule has 7 heteroatoms. The summed E-state index contributed by atoms with van der Waals surface area (Å²) in [5, 5.41) is 14.5. The fraction of sp³-hybridized carbons (Fsp3) is 0.700. The lowest BCUT2D eigenvalue weighted by molar-refractivity contribution is -0.120. The molecular formula is C10H19N5OS. The molecule has 0 saturated heterocycles. The number of hydrogen-bond donors (Lipinski definition) is 2. The molecule has 1 aromatic heterocycles. The maximum atomic E-state index is 11.6. The van der Waals surface area contributed by atoms with E-state index >= 15 is 0 Å². The molecule has 2 N–H and O–H groups in total. The van der Waals surface area contributed by atoms with Crippen LogP contribution in [0.5, 0.6) is 0 Å². The second kappa shape index (κ2) is 6.61. The normalized spacial score (nSPS) is 12.5. The van der Waals surface area contributed by atoms with Gasteiger partial charge in [-0.05, 0) is 20.9 Å². The van der Waals surface area contributed by atoms with Gasteiger partial charge in [0.15, 0.2) is 5.16 Å². The largest absolute Gasteiger partial charge is 0.355 e. The topological polar surface area (TPSA) is 71.8 Å². The first-order valence-electron chi connectivity index (χ1n) is 5.57. The molecule has 1 aromatic rings. The summed E-state index contributed by atoms with van der Waals surface area (Å²) in [5.41, 5.74) is 0. The van der Waals surface area contributed by atoms with Crippen LogP contribution in [0.1, 0.15) is 19.7 Å². The number of aromatic nitrogens is 3. The van der Waals surface area contributed by atoms with Gasteiger partial charge in [-0.3, -0.25) is 4.79 Å². The van der Waals surface area contributed by atoms with Crippen molar-refractivity contribution in [3.8, 4) is 0 Å². The van der Waals surface area contributed by atoms with Gasteiger partial charge in [-0.1, -0.05) is 11.8 Å². The minimum atomic E-state index is -0.166. The van der Waals surface area contributed by atoms with Gasteiger partial charge in [0.1, 0.15) is 5.82 Å². The van der Waals surface area contributed by atoms with E-state index in [-0.39, 0.29) is 11.2 Å². The molecule has 0 fully saturated rings. The molecule has 0 saturated carbocycles. The van der Waals surface area contributed by atoms with Crippen LogP contribution < -0.4 is 10.6 Å². The van der Waals surface area contributed by atoms with Crippen LogP contribution in [-0.4, -0.2) is 39.5 Å². The summed E-state index contributed by atoms with van der Waals surface area (Å²) in [6, 6.07) is 0. The zero-order chi connectivity index (χ0) is 12.8. The maximum absolute atomic E-state index is 11.6. The van der Waals surface area contributed by atoms with Crippen LogP contribution in [0.2, 0.25) is 0 Å². The average Bonchev–Trinajstić information content (AvgIpc) is 2.62. The average molecular weight is 257 g/mol. The summed E-state index contributed by atoms with van der Waals surface area (Å²) in [4.78, 5) is 11.6. The first-order chi connectivity index (χ1) is 8.10. The molecule has 0 radical (unpaired) electrons. The van der Waals surface area contributed by atoms with Crippen molar-refractivity contribution >= 4 is 17.7 Å². The van der Waals surface area contributed by atoms with Crippen molar-refractivity contribution in [1.82, 2.24) is 25.4 Å². The monoisotopic (exact) mass is 257 g/mol. The minimum absolute atomic E-state index is 0.0238. The summed E-state index contributed by atoms with van der Waals surface area (Å²) in [5.74, 6) is 0.883. The Morgan fingerprint density at radius 1 is 1.53 bits per heavy atom. The summed E-state index contributed by atoms with van der Waals surface area (Å²) in [6.45, 7) is 5.08. The molecule has 0 aliphatic heterocycles. The summed E-state index contributed by atoms with van der Waals surface area (Å²) >= 11 is 1.41. The number of carbonyl (C=O) groups excluding carboxylic acids is 1. The van der Waals surface area contributed by atoms with Crippen molar-refractivity contribution in [2.24, 2.45) is 7.05 Å². The van der Waals surface area contributed by atoms with Gasteiger partial charge < -0.3 is 15.2 Å². The number of nitrogens with one attached hydrogen (secondary N) is 2. The van der Waals surface area contributed by atoms with Crippen LogP contribution in [0, 0.1) is 0 Å². The van der Waals surface area contributed by atoms with Crippen molar-refractivity contribution in [3.63, 3.8) is 0 Å². The molecule has 1 amide bonds. The Labute approximate surface area is 106 Å². The van der Waals surface area contributed by atoms with Gasteiger partial charge in [-0.2, -0.15) is 0 Å². The highest BCUT2D eigenvalue weighted by Gasteiger charge is 2.17. The second-order valence-electron chi connectivity index (χ2n) is 3.64. The Hall–Kier alpha value is -1.08. The van der Waals surface area contributed by atoms with Crippen molar-refractivity contribution < 1.29 is 4.79 Å². The van der Waals surface area contributed by atoms with E-state index < -0.39 is 0 Å². The first kappa shape index (κ1) is 14.0. The van der Waals surface area contributed by atoms with Gasteiger partial charge in [-0.25, -0.2) is 0 Å². The molecule has 17 heavy (non-hydrogen) atoms. The highest BCUT2D eigenvalue weighted by molar-refractivity contribution is 8.00. The van der Waals surface area contributed by atoms with Crippen molar-refractivity contribution in [2.45, 2.75) is 30.8 Å². The predicted molar refractivity (Wildman–Crippen MR) is 67.8 cm³/mol. The Morgan fingerprint density at radius 2 is 2.24 bits per heavy atom. The van der Waals surface area contributed by atoms with E-state index in [4.69, 9.17) is 0 Å². The molecule has 1 heterocycles. The molecule has 0 aliphatic carbocycles. The first-order valence-corrected chi connectivity index (χ1v) is 6.45. The van der Waals surface area contributed by atoms with Gasteiger partial charge in [0.05, 0.1) is 11.8 Å². The molecular weight excluding hydrogens is 238 g/mol. The molecule has 0 aliphatic rings. The van der Waals surface area contributed by atoms with Crippen LogP contribution in [-0.2, 0) is 18.4 Å². The Balaban J connectivity index is 2.65. The maximum Gasteiger partial charge on any atom is 0.233 e. The van der Waals surface area contributed by atoms with Crippen molar-refractivity contribution in [2.75, 3.05) is 13.6 Å². The number of hydrogen-bond acceptors (Lipinski definition) is 5. The summed E-state index contributed by atoms with van der Waals surface area (Å²) in [6.07, 6.45) is 0. The minimum Gasteiger partial charge on any atom is -0.355 e. The number of rotatable bonds is 6. The molecule has 6 nitrogen and oxygen atoms in total. The third-order valence-electron chi connectivity index (χ3n) is 2.26. The quantitative estimate of drug-likeness (QED) is 0.710. The molecule has 1 rings (SSSR count). The van der Waals surface area contributed by atoms with E-state index in [0.717, 1.165) is 11.0 Å². The summed E-state index contributed by atoms with van der Waals surface area (Å²) < 4.78 is 1.90. The lowest BCUT2D eigenvalue weighted by atomic mass is 10.4. The number of thioether (sulfide) groups is 1. The molecule has 0 spiro atoms. The molecule has 1 atom stereocenters. The standard InChI is InChI=1S/C10H19N5OS/c1-5-12-9(16)7(2)17-10-14-13-8(6-11-3)15(10)4/h7,11H,5-6H2,1-4H3,(H,12,16). The predicted octanol–water partition coefficient (Wildman–Crippen LogP) is 0.151. The van der Waals surface area contributed by atoms with Crippen molar-refractivity contribution in [1.29, 1.82) is 0 Å². The summed E-state index contributed by atoms with van der Waals surface area (Å²) in [7, 11) is 3.76. The second-order valence-corrected chi connectivity index (χ2v) is 4.95. The van der Waals surface area contributed by atoms with E-state index in [1.54, 1.807) is 0 Å². The number of nitrogens with zero attached hydrogens (tertiary/aromatic N) is 3. The highest BCUT2D eigenvalue weighted by atomic mass is 32.2. The van der Waals surface area contributed by atoms with Crippen LogP contribution in [0.25, 0.3) is 0 Å². The molecule has 0 bridgehead atoms. The number of amides is 1. The van der Waals surface area contributed by atoms with Crippen LogP contribution in [0.15, 0.2) is 5.16 Å². The van der Waals surface area contributed by atoms with Crippen LogP contribution >= 0.6 is 11.8 Å². The van der Waals surface area contributed by atoms with E-state index in [9.17, 15) is 4.79 Å². The van der Waals surface area contributed by atoms with Gasteiger partial charge in [0.25, 0.3) is 0 Å². The smallest absolute Gasteiger partial charge is 0.233 e. The Kier molecular flexibility index (Phi) is 5.43. The molecule has 96 valence electrons. The fourth-order valence-corrected chi connectivity index (χ4v) is 2.15. The fourth-order valence-electron chi connectivity index (χ4n) is 1.29. The number of carbonyl (C=O) groups is 1. The SMILES string of the molecule is CCNC(=O)C(C)Sc1nnc(CNC)n1C. The van der Waals surface area contributed by atoms with Gasteiger partial charge >= 0.3 is 0 Å². The Morgan fingerprint density at radius 3 is 2.82 bits per heavy atom. The van der Waals surface area contributed by atoms with Crippen molar-refractivity contribution in [3.05, 3.63) is 5.82 Å². The van der Waals surface area contributed by atoms with E-state index in [1.165, 1.54) is 11.8 Å². The third-order valence-corrected chi connectivity index (χ3v) is 3.40. The van der Waals surface area contributed by atoms with Gasteiger partial charge in [-0.15, -0.1) is 10.2 Å². The Bertz CT molecular complexity index is 379. The van der Waals surface area contributed by atoms with E-state index in [0.29, 0.717) is 13.1 Å². The van der Waals surface area contributed by atoms with Gasteiger partial charge in [0, 0.05) is 13.6 Å². The third kappa shape index (κ3) is 3.71. The zero-order valence-corrected chi connectivity index (χ0v) is 11.5. The van der Waals surface area contributed by atoms with Crippen LogP contribution in [0.3, 0.4) is 0 Å². The molecule has 0 aromatic carbocycles. The lowest BCUT2D eigenvalue weighted by Crippen LogP contribution is -2.30. The molecule has 1 unspecified atom stereocenters. The zero-order valence-electron chi connectivity index (χ0n) is 10.6. The van der Waals surface area contributed by atoms with Crippen LogP contribution in [0.4, 0.5) is 0 Å². The highest BCUT2D eigenvalue weighted by Crippen LogP contribution is 2.21. The lowest BCUT2D eigenvalue weighted by Gasteiger charge is -2.10.